The van der Waals surface area contributed by atoms with Crippen molar-refractivity contribution in [3.05, 3.63) is 112 Å². The molecule has 4 aromatic rings. The predicted octanol–water partition coefficient (Wildman–Crippen LogP) is 7.52. The fourth-order valence-corrected chi connectivity index (χ4v) is 3.85. The van der Waals surface area contributed by atoms with E-state index < -0.39 is 29.3 Å². The monoisotopic (exact) mass is 532 g/mol. The van der Waals surface area contributed by atoms with E-state index in [9.17, 15) is 31.1 Å². The Hall–Kier alpha value is -4.03. The largest absolute Gasteiger partial charge is 0.416 e. The van der Waals surface area contributed by atoms with Crippen LogP contribution in [0.15, 0.2) is 79.1 Å². The summed E-state index contributed by atoms with van der Waals surface area (Å²) in [5, 5.41) is 0.209. The molecule has 10 heteroatoms. The molecule has 0 unspecified atom stereocenters. The zero-order chi connectivity index (χ0) is 26.8. The van der Waals surface area contributed by atoms with Gasteiger partial charge in [-0.1, -0.05) is 54.1 Å². The molecule has 0 saturated carbocycles. The van der Waals surface area contributed by atoms with Gasteiger partial charge in [-0.25, -0.2) is 4.98 Å². The van der Waals surface area contributed by atoms with E-state index >= 15 is 0 Å². The highest BCUT2D eigenvalue weighted by atomic mass is 35.5. The summed E-state index contributed by atoms with van der Waals surface area (Å²) in [6, 6.07) is 16.2. The first-order valence-corrected chi connectivity index (χ1v) is 11.0. The minimum Gasteiger partial charge on any atom is -0.325 e. The van der Waals surface area contributed by atoms with Crippen LogP contribution in [-0.4, -0.2) is 15.3 Å². The number of carbonyl (C=O) groups excluding carboxylic acids is 1. The van der Waals surface area contributed by atoms with Gasteiger partial charge in [-0.2, -0.15) is 26.3 Å². The molecule has 0 aliphatic rings. The molecule has 0 atom stereocenters. The first kappa shape index (κ1) is 26.0. The van der Waals surface area contributed by atoms with Crippen molar-refractivity contribution in [3.63, 3.8) is 0 Å². The molecule has 0 radical (unpaired) electrons. The van der Waals surface area contributed by atoms with E-state index in [1.54, 1.807) is 42.5 Å². The van der Waals surface area contributed by atoms with Gasteiger partial charge in [0, 0.05) is 17.7 Å². The molecule has 37 heavy (non-hydrogen) atoms. The van der Waals surface area contributed by atoms with Gasteiger partial charge in [0.15, 0.2) is 0 Å². The Morgan fingerprint density at radius 2 is 1.46 bits per heavy atom. The van der Waals surface area contributed by atoms with E-state index in [0.29, 0.717) is 23.4 Å². The molecule has 3 nitrogen and oxygen atoms in total. The van der Waals surface area contributed by atoms with Crippen molar-refractivity contribution < 1.29 is 31.1 Å². The third kappa shape index (κ3) is 6.04. The average Bonchev–Trinajstić information content (AvgIpc) is 3.24. The van der Waals surface area contributed by atoms with Gasteiger partial charge in [-0.15, -0.1) is 0 Å². The Morgan fingerprint density at radius 3 is 2.05 bits per heavy atom. The number of rotatable bonds is 4. The van der Waals surface area contributed by atoms with Crippen molar-refractivity contribution in [3.8, 4) is 23.1 Å². The SMILES string of the molecule is O=C(C#Cc1ncn(Cc2cc(C(F)(F)F)cc(C(F)(F)F)c2)c1-c1ccccc1)c1ccccc1Cl. The van der Waals surface area contributed by atoms with Crippen molar-refractivity contribution >= 4 is 17.4 Å². The van der Waals surface area contributed by atoms with Crippen LogP contribution in [-0.2, 0) is 18.9 Å². The lowest BCUT2D eigenvalue weighted by molar-refractivity contribution is -0.143. The van der Waals surface area contributed by atoms with E-state index in [1.165, 1.54) is 23.0 Å². The molecule has 0 spiro atoms. The van der Waals surface area contributed by atoms with E-state index in [2.05, 4.69) is 16.8 Å². The topological polar surface area (TPSA) is 34.9 Å². The van der Waals surface area contributed by atoms with E-state index in [-0.39, 0.29) is 34.5 Å². The fraction of sp³-hybridized carbons (Fsp3) is 0.111. The number of halogens is 7. The number of benzene rings is 3. The van der Waals surface area contributed by atoms with E-state index in [4.69, 9.17) is 11.6 Å². The van der Waals surface area contributed by atoms with Crippen LogP contribution in [0.1, 0.15) is 32.7 Å². The lowest BCUT2D eigenvalue weighted by atomic mass is 10.0. The highest BCUT2D eigenvalue weighted by Gasteiger charge is 2.37. The molecule has 1 heterocycles. The highest BCUT2D eigenvalue weighted by molar-refractivity contribution is 6.35. The molecule has 0 aliphatic heterocycles. The van der Waals surface area contributed by atoms with Crippen molar-refractivity contribution in [1.82, 2.24) is 9.55 Å². The van der Waals surface area contributed by atoms with Crippen LogP contribution in [0.3, 0.4) is 0 Å². The second-order valence-corrected chi connectivity index (χ2v) is 8.32. The van der Waals surface area contributed by atoms with Crippen molar-refractivity contribution in [2.45, 2.75) is 18.9 Å². The summed E-state index contributed by atoms with van der Waals surface area (Å²) in [4.78, 5) is 16.7. The zero-order valence-electron chi connectivity index (χ0n) is 18.7. The van der Waals surface area contributed by atoms with Crippen LogP contribution in [0.4, 0.5) is 26.3 Å². The summed E-state index contributed by atoms with van der Waals surface area (Å²) in [5.74, 6) is 4.54. The van der Waals surface area contributed by atoms with Crippen LogP contribution < -0.4 is 0 Å². The second-order valence-electron chi connectivity index (χ2n) is 7.91. The molecule has 1 aromatic heterocycles. The van der Waals surface area contributed by atoms with Crippen LogP contribution in [0.5, 0.6) is 0 Å². The molecule has 0 aliphatic carbocycles. The van der Waals surface area contributed by atoms with Gasteiger partial charge in [-0.3, -0.25) is 4.79 Å². The normalized spacial score (nSPS) is 11.6. The average molecular weight is 533 g/mol. The second kappa shape index (κ2) is 10.1. The Bertz CT molecular complexity index is 1480. The number of carbonyl (C=O) groups is 1. The first-order chi connectivity index (χ1) is 17.4. The number of aromatic nitrogens is 2. The van der Waals surface area contributed by atoms with Crippen LogP contribution in [0.2, 0.25) is 5.02 Å². The molecular formula is C27H15ClF6N2O. The van der Waals surface area contributed by atoms with Crippen molar-refractivity contribution in [2.75, 3.05) is 0 Å². The third-order valence-corrected chi connectivity index (χ3v) is 5.63. The minimum atomic E-state index is -4.97. The van der Waals surface area contributed by atoms with Gasteiger partial charge in [0.25, 0.3) is 0 Å². The van der Waals surface area contributed by atoms with Gasteiger partial charge in [0.2, 0.25) is 5.78 Å². The molecule has 188 valence electrons. The predicted molar refractivity (Wildman–Crippen MR) is 126 cm³/mol. The molecule has 4 rings (SSSR count). The van der Waals surface area contributed by atoms with Crippen LogP contribution >= 0.6 is 11.6 Å². The van der Waals surface area contributed by atoms with Crippen molar-refractivity contribution in [2.24, 2.45) is 0 Å². The lowest BCUT2D eigenvalue weighted by Gasteiger charge is -2.15. The molecule has 0 saturated heterocycles. The fourth-order valence-electron chi connectivity index (χ4n) is 3.63. The minimum absolute atomic E-state index is 0.0761. The maximum Gasteiger partial charge on any atom is 0.416 e. The molecular weight excluding hydrogens is 518 g/mol. The summed E-state index contributed by atoms with van der Waals surface area (Å²) in [6.45, 7) is -0.357. The van der Waals surface area contributed by atoms with Crippen molar-refractivity contribution in [1.29, 1.82) is 0 Å². The Balaban J connectivity index is 1.79. The van der Waals surface area contributed by atoms with Gasteiger partial charge in [-0.05, 0) is 47.7 Å². The number of imidazole rings is 1. The summed E-state index contributed by atoms with van der Waals surface area (Å²) < 4.78 is 81.3. The molecule has 0 fully saturated rings. The molecule has 3 aromatic carbocycles. The molecule has 0 bridgehead atoms. The maximum atomic E-state index is 13.3. The first-order valence-electron chi connectivity index (χ1n) is 10.6. The zero-order valence-corrected chi connectivity index (χ0v) is 19.4. The van der Waals surface area contributed by atoms with Gasteiger partial charge < -0.3 is 4.57 Å². The van der Waals surface area contributed by atoms with E-state index in [1.807, 2.05) is 0 Å². The number of hydrogen-bond donors (Lipinski definition) is 0. The highest BCUT2D eigenvalue weighted by Crippen LogP contribution is 2.37. The lowest BCUT2D eigenvalue weighted by Crippen LogP contribution is -2.13. The number of nitrogens with zero attached hydrogens (tertiary/aromatic N) is 2. The number of hydrogen-bond acceptors (Lipinski definition) is 2. The van der Waals surface area contributed by atoms with Crippen LogP contribution in [0.25, 0.3) is 11.3 Å². The third-order valence-electron chi connectivity index (χ3n) is 5.30. The summed E-state index contributed by atoms with van der Waals surface area (Å²) in [7, 11) is 0. The van der Waals surface area contributed by atoms with Gasteiger partial charge in [0.1, 0.15) is 5.69 Å². The Kier molecular flexibility index (Phi) is 7.14. The summed E-state index contributed by atoms with van der Waals surface area (Å²) >= 11 is 6.04. The van der Waals surface area contributed by atoms with E-state index in [0.717, 1.165) is 0 Å². The number of ketones is 1. The number of Topliss-reactive ketones (excluding diaryl/α,β-unsaturated/α-hetero) is 1. The summed E-state index contributed by atoms with van der Waals surface area (Å²) in [5.41, 5.74) is -1.88. The molecule has 0 N–H and O–H groups in total. The number of alkyl halides is 6. The maximum absolute atomic E-state index is 13.3. The van der Waals surface area contributed by atoms with Gasteiger partial charge >= 0.3 is 12.4 Å². The Morgan fingerprint density at radius 1 is 0.865 bits per heavy atom. The standard InChI is InChI=1S/C27H15ClF6N2O/c28-22-9-5-4-8-21(22)24(37)11-10-23-25(18-6-2-1-3-7-18)36(16-35-23)15-17-12-19(26(29,30)31)14-20(13-17)27(32,33)34/h1-9,12-14,16H,15H2. The van der Waals surface area contributed by atoms with Gasteiger partial charge in [0.05, 0.1) is 28.2 Å². The quantitative estimate of drug-likeness (QED) is 0.155. The summed E-state index contributed by atoms with van der Waals surface area (Å²) in [6.07, 6.45) is -8.69. The van der Waals surface area contributed by atoms with Crippen LogP contribution in [0, 0.1) is 11.8 Å². The molecule has 0 amide bonds. The smallest absolute Gasteiger partial charge is 0.325 e. The Labute approximate surface area is 212 Å².